The molecule has 0 amide bonds. The van der Waals surface area contributed by atoms with Crippen molar-refractivity contribution in [2.24, 2.45) is 0 Å². The highest BCUT2D eigenvalue weighted by Crippen LogP contribution is 2.12. The number of hydrogen-bond donors (Lipinski definition) is 0. The highest BCUT2D eigenvalue weighted by Gasteiger charge is 2.03. The van der Waals surface area contributed by atoms with Crippen LogP contribution in [0, 0.1) is 0 Å². The van der Waals surface area contributed by atoms with Crippen LogP contribution in [0.1, 0.15) is 83.1 Å². The van der Waals surface area contributed by atoms with Gasteiger partial charge < -0.3 is 9.47 Å². The maximum Gasteiger partial charge on any atom is 0.0785 e. The van der Waals surface area contributed by atoms with Gasteiger partial charge in [0.2, 0.25) is 0 Å². The summed E-state index contributed by atoms with van der Waals surface area (Å²) in [6, 6.07) is 10.3. The summed E-state index contributed by atoms with van der Waals surface area (Å²) in [6.07, 6.45) is 17.6. The molecule has 0 aliphatic rings. The minimum atomic E-state index is 0.158. The maximum absolute atomic E-state index is 5.82. The molecule has 0 spiro atoms. The van der Waals surface area contributed by atoms with Crippen molar-refractivity contribution < 1.29 is 9.47 Å². The van der Waals surface area contributed by atoms with Gasteiger partial charge in [-0.25, -0.2) is 0 Å². The highest BCUT2D eigenvalue weighted by atomic mass is 32.2. The van der Waals surface area contributed by atoms with Crippen molar-refractivity contribution in [1.82, 2.24) is 0 Å². The van der Waals surface area contributed by atoms with E-state index in [0.29, 0.717) is 13.2 Å². The van der Waals surface area contributed by atoms with Crippen LogP contribution in [0.2, 0.25) is 0 Å². The summed E-state index contributed by atoms with van der Waals surface area (Å²) in [6.45, 7) is 4.33. The summed E-state index contributed by atoms with van der Waals surface area (Å²) in [5, 5.41) is 0. The standard InChI is InChI=1S/C24H42O2S/c1-23(26-22-24-17-13-12-14-18-24)21-25-19-15-10-8-6-4-3-5-7-9-11-16-20-27-2/h12-14,17-18,23H,3-11,15-16,19-22H2,1-2H3. The van der Waals surface area contributed by atoms with Gasteiger partial charge in [0, 0.05) is 6.61 Å². The summed E-state index contributed by atoms with van der Waals surface area (Å²) in [5.74, 6) is 1.34. The van der Waals surface area contributed by atoms with Gasteiger partial charge in [-0.1, -0.05) is 88.1 Å². The fourth-order valence-electron chi connectivity index (χ4n) is 3.15. The molecule has 0 bridgehead atoms. The average molecular weight is 395 g/mol. The van der Waals surface area contributed by atoms with Crippen molar-refractivity contribution in [2.45, 2.75) is 90.3 Å². The third kappa shape index (κ3) is 16.2. The Balaban J connectivity index is 1.76. The average Bonchev–Trinajstić information content (AvgIpc) is 2.70. The monoisotopic (exact) mass is 394 g/mol. The first-order chi connectivity index (χ1) is 13.3. The van der Waals surface area contributed by atoms with E-state index in [-0.39, 0.29) is 6.10 Å². The second-order valence-corrected chi connectivity index (χ2v) is 8.55. The van der Waals surface area contributed by atoms with Crippen molar-refractivity contribution in [3.63, 3.8) is 0 Å². The van der Waals surface area contributed by atoms with Crippen molar-refractivity contribution in [3.8, 4) is 0 Å². The van der Waals surface area contributed by atoms with Crippen LogP contribution < -0.4 is 0 Å². The molecule has 0 aliphatic heterocycles. The predicted octanol–water partition coefficient (Wildman–Crippen LogP) is 7.26. The Hall–Kier alpha value is -0.510. The van der Waals surface area contributed by atoms with E-state index in [1.54, 1.807) is 0 Å². The van der Waals surface area contributed by atoms with Crippen LogP contribution >= 0.6 is 11.8 Å². The van der Waals surface area contributed by atoms with Crippen LogP contribution in [0.3, 0.4) is 0 Å². The van der Waals surface area contributed by atoms with Crippen LogP contribution in [-0.4, -0.2) is 31.3 Å². The van der Waals surface area contributed by atoms with Gasteiger partial charge in [-0.15, -0.1) is 0 Å². The van der Waals surface area contributed by atoms with Gasteiger partial charge >= 0.3 is 0 Å². The normalized spacial score (nSPS) is 12.4. The molecule has 0 saturated carbocycles. The summed E-state index contributed by atoms with van der Waals surface area (Å²) in [4.78, 5) is 0. The third-order valence-electron chi connectivity index (χ3n) is 4.87. The molecule has 1 atom stereocenters. The number of thioether (sulfide) groups is 1. The molecule has 0 fully saturated rings. The molecule has 0 radical (unpaired) electrons. The fourth-order valence-corrected chi connectivity index (χ4v) is 3.64. The second-order valence-electron chi connectivity index (χ2n) is 7.56. The first-order valence-electron chi connectivity index (χ1n) is 11.0. The molecule has 0 saturated heterocycles. The van der Waals surface area contributed by atoms with E-state index < -0.39 is 0 Å². The number of hydrogen-bond acceptors (Lipinski definition) is 3. The molecule has 1 rings (SSSR count). The molecule has 1 unspecified atom stereocenters. The first kappa shape index (κ1) is 24.5. The molecule has 3 heteroatoms. The molecule has 0 aliphatic carbocycles. The topological polar surface area (TPSA) is 18.5 Å². The summed E-state index contributed by atoms with van der Waals surface area (Å²) >= 11 is 1.97. The zero-order chi connectivity index (χ0) is 19.4. The minimum absolute atomic E-state index is 0.158. The molecule has 0 heterocycles. The molecule has 2 nitrogen and oxygen atoms in total. The lowest BCUT2D eigenvalue weighted by molar-refractivity contribution is -0.0155. The van der Waals surface area contributed by atoms with Crippen molar-refractivity contribution in [2.75, 3.05) is 25.2 Å². The molecule has 27 heavy (non-hydrogen) atoms. The number of benzene rings is 1. The number of rotatable bonds is 19. The van der Waals surface area contributed by atoms with Crippen LogP contribution in [0.4, 0.5) is 0 Å². The van der Waals surface area contributed by atoms with E-state index in [2.05, 4.69) is 25.3 Å². The largest absolute Gasteiger partial charge is 0.379 e. The van der Waals surface area contributed by atoms with E-state index in [1.807, 2.05) is 30.0 Å². The van der Waals surface area contributed by atoms with Crippen LogP contribution in [-0.2, 0) is 16.1 Å². The summed E-state index contributed by atoms with van der Waals surface area (Å²) in [5.41, 5.74) is 1.22. The van der Waals surface area contributed by atoms with Gasteiger partial charge in [0.05, 0.1) is 19.3 Å². The summed E-state index contributed by atoms with van der Waals surface area (Å²) < 4.78 is 11.6. The van der Waals surface area contributed by atoms with E-state index in [9.17, 15) is 0 Å². The molecule has 0 N–H and O–H groups in total. The third-order valence-corrected chi connectivity index (χ3v) is 5.56. The highest BCUT2D eigenvalue weighted by molar-refractivity contribution is 7.98. The number of ether oxygens (including phenoxy) is 2. The van der Waals surface area contributed by atoms with E-state index >= 15 is 0 Å². The molecule has 0 aromatic heterocycles. The SMILES string of the molecule is CSCCCCCCCCCCCCCOCC(C)OCc1ccccc1. The van der Waals surface area contributed by atoms with Gasteiger partial charge in [-0.05, 0) is 37.3 Å². The van der Waals surface area contributed by atoms with Crippen LogP contribution in [0.15, 0.2) is 30.3 Å². The number of unbranched alkanes of at least 4 members (excludes halogenated alkanes) is 10. The summed E-state index contributed by atoms with van der Waals surface area (Å²) in [7, 11) is 0. The fraction of sp³-hybridized carbons (Fsp3) is 0.750. The Morgan fingerprint density at radius 3 is 1.93 bits per heavy atom. The zero-order valence-electron chi connectivity index (χ0n) is 17.8. The molecule has 1 aromatic rings. The smallest absolute Gasteiger partial charge is 0.0785 e. The van der Waals surface area contributed by atoms with Gasteiger partial charge in [0.15, 0.2) is 0 Å². The minimum Gasteiger partial charge on any atom is -0.379 e. The lowest BCUT2D eigenvalue weighted by atomic mass is 10.1. The molecular weight excluding hydrogens is 352 g/mol. The van der Waals surface area contributed by atoms with Crippen LogP contribution in [0.25, 0.3) is 0 Å². The Morgan fingerprint density at radius 2 is 1.33 bits per heavy atom. The quantitative estimate of drug-likeness (QED) is 0.230. The van der Waals surface area contributed by atoms with E-state index in [4.69, 9.17) is 9.47 Å². The van der Waals surface area contributed by atoms with Gasteiger partial charge in [0.25, 0.3) is 0 Å². The van der Waals surface area contributed by atoms with Gasteiger partial charge in [0.1, 0.15) is 0 Å². The second kappa shape index (κ2) is 18.8. The Bertz CT molecular complexity index is 410. The first-order valence-corrected chi connectivity index (χ1v) is 12.4. The van der Waals surface area contributed by atoms with E-state index in [1.165, 1.54) is 81.9 Å². The Morgan fingerprint density at radius 1 is 0.778 bits per heavy atom. The zero-order valence-corrected chi connectivity index (χ0v) is 18.6. The van der Waals surface area contributed by atoms with Crippen molar-refractivity contribution >= 4 is 11.8 Å². The molecular formula is C24H42O2S. The maximum atomic E-state index is 5.82. The van der Waals surface area contributed by atoms with Crippen molar-refractivity contribution in [1.29, 1.82) is 0 Å². The van der Waals surface area contributed by atoms with Gasteiger partial charge in [-0.2, -0.15) is 11.8 Å². The van der Waals surface area contributed by atoms with Crippen molar-refractivity contribution in [3.05, 3.63) is 35.9 Å². The Labute approximate surface area is 172 Å². The lowest BCUT2D eigenvalue weighted by Crippen LogP contribution is -2.16. The predicted molar refractivity (Wildman–Crippen MR) is 121 cm³/mol. The Kier molecular flexibility index (Phi) is 17.1. The molecule has 156 valence electrons. The van der Waals surface area contributed by atoms with E-state index in [0.717, 1.165) is 6.61 Å². The van der Waals surface area contributed by atoms with Crippen LogP contribution in [0.5, 0.6) is 0 Å². The van der Waals surface area contributed by atoms with Gasteiger partial charge in [-0.3, -0.25) is 0 Å². The lowest BCUT2D eigenvalue weighted by Gasteiger charge is -2.13. The molecule has 1 aromatic carbocycles.